The number of para-hydroxylation sites is 1. The summed E-state index contributed by atoms with van der Waals surface area (Å²) in [5.74, 6) is 0. The van der Waals surface area contributed by atoms with E-state index in [1.807, 2.05) is 49.7 Å². The quantitative estimate of drug-likeness (QED) is 0.765. The van der Waals surface area contributed by atoms with E-state index in [0.717, 1.165) is 33.3 Å². The number of rotatable bonds is 5. The average molecular weight is 304 g/mol. The minimum Gasteiger partial charge on any atom is -0.392 e. The first-order valence-electron chi connectivity index (χ1n) is 7.68. The van der Waals surface area contributed by atoms with E-state index >= 15 is 0 Å². The van der Waals surface area contributed by atoms with Gasteiger partial charge < -0.3 is 9.67 Å². The summed E-state index contributed by atoms with van der Waals surface area (Å²) in [4.78, 5) is 4.54. The Hall–Kier alpha value is -2.65. The summed E-state index contributed by atoms with van der Waals surface area (Å²) in [6.45, 7) is 6.55. The molecule has 3 nitrogen and oxygen atoms in total. The second kappa shape index (κ2) is 6.63. The van der Waals surface area contributed by atoms with Crippen molar-refractivity contribution in [2.24, 2.45) is 0 Å². The lowest BCUT2D eigenvalue weighted by molar-refractivity contribution is 0.283. The highest BCUT2D eigenvalue weighted by Crippen LogP contribution is 2.22. The smallest absolute Gasteiger partial charge is 0.0702 e. The first-order chi connectivity index (χ1) is 11.3. The van der Waals surface area contributed by atoms with Crippen LogP contribution in [0.2, 0.25) is 0 Å². The standard InChI is InChI=1S/C20H20N2O/c1-3-7-16-10-18(21-11-15(16)4-2)13-22-12-17(14-23)19-8-5-6-9-20(19)22/h3-12,23H,2,13-14H2,1H3/b7-3-. The van der Waals surface area contributed by atoms with Gasteiger partial charge in [-0.2, -0.15) is 0 Å². The molecular formula is C20H20N2O. The third-order valence-electron chi connectivity index (χ3n) is 3.96. The van der Waals surface area contributed by atoms with Gasteiger partial charge in [0.1, 0.15) is 0 Å². The van der Waals surface area contributed by atoms with Crippen molar-refractivity contribution >= 4 is 23.1 Å². The monoisotopic (exact) mass is 304 g/mol. The summed E-state index contributed by atoms with van der Waals surface area (Å²) < 4.78 is 2.14. The van der Waals surface area contributed by atoms with Crippen molar-refractivity contribution in [3.63, 3.8) is 0 Å². The van der Waals surface area contributed by atoms with E-state index in [1.54, 1.807) is 0 Å². The molecule has 3 rings (SSSR count). The van der Waals surface area contributed by atoms with Gasteiger partial charge in [0.05, 0.1) is 18.8 Å². The number of fused-ring (bicyclic) bond motifs is 1. The number of allylic oxidation sites excluding steroid dienone is 1. The molecule has 1 N–H and O–H groups in total. The predicted octanol–water partition coefficient (Wildman–Crippen LogP) is 4.25. The van der Waals surface area contributed by atoms with E-state index < -0.39 is 0 Å². The molecule has 0 aliphatic heterocycles. The summed E-state index contributed by atoms with van der Waals surface area (Å²) in [5, 5.41) is 10.6. The fourth-order valence-corrected chi connectivity index (χ4v) is 2.86. The zero-order valence-corrected chi connectivity index (χ0v) is 13.2. The Kier molecular flexibility index (Phi) is 4.40. The van der Waals surface area contributed by atoms with E-state index in [-0.39, 0.29) is 6.61 Å². The van der Waals surface area contributed by atoms with Crippen LogP contribution in [-0.4, -0.2) is 14.7 Å². The highest BCUT2D eigenvalue weighted by Gasteiger charge is 2.09. The fourth-order valence-electron chi connectivity index (χ4n) is 2.86. The van der Waals surface area contributed by atoms with Gasteiger partial charge >= 0.3 is 0 Å². The van der Waals surface area contributed by atoms with E-state index in [0.29, 0.717) is 6.54 Å². The Morgan fingerprint density at radius 1 is 1.26 bits per heavy atom. The van der Waals surface area contributed by atoms with Crippen molar-refractivity contribution in [3.8, 4) is 0 Å². The molecule has 1 aromatic carbocycles. The summed E-state index contributed by atoms with van der Waals surface area (Å²) in [6.07, 6.45) is 9.76. The molecule has 3 heteroatoms. The van der Waals surface area contributed by atoms with E-state index in [1.165, 1.54) is 0 Å². The maximum Gasteiger partial charge on any atom is 0.0702 e. The van der Waals surface area contributed by atoms with Gasteiger partial charge in [-0.1, -0.05) is 43.0 Å². The van der Waals surface area contributed by atoms with Crippen LogP contribution in [0.25, 0.3) is 23.1 Å². The van der Waals surface area contributed by atoms with Crippen LogP contribution < -0.4 is 0 Å². The van der Waals surface area contributed by atoms with Crippen LogP contribution in [0.1, 0.15) is 29.3 Å². The predicted molar refractivity (Wildman–Crippen MR) is 96.0 cm³/mol. The van der Waals surface area contributed by atoms with Crippen molar-refractivity contribution in [1.29, 1.82) is 0 Å². The fraction of sp³-hybridized carbons (Fsp3) is 0.150. The second-order valence-electron chi connectivity index (χ2n) is 5.47. The minimum absolute atomic E-state index is 0.0418. The SMILES string of the molecule is C=Cc1cnc(Cn2cc(CO)c3ccccc32)cc1/C=C\C. The normalized spacial score (nSPS) is 11.4. The topological polar surface area (TPSA) is 38.0 Å². The summed E-state index contributed by atoms with van der Waals surface area (Å²) in [7, 11) is 0. The van der Waals surface area contributed by atoms with Gasteiger partial charge in [0.2, 0.25) is 0 Å². The third-order valence-corrected chi connectivity index (χ3v) is 3.96. The van der Waals surface area contributed by atoms with Gasteiger partial charge in [-0.25, -0.2) is 0 Å². The van der Waals surface area contributed by atoms with E-state index in [9.17, 15) is 5.11 Å². The van der Waals surface area contributed by atoms with Crippen LogP contribution >= 0.6 is 0 Å². The molecule has 3 aromatic rings. The molecule has 0 spiro atoms. The maximum atomic E-state index is 9.55. The lowest BCUT2D eigenvalue weighted by atomic mass is 10.1. The second-order valence-corrected chi connectivity index (χ2v) is 5.47. The number of benzene rings is 1. The van der Waals surface area contributed by atoms with Gasteiger partial charge in [0, 0.05) is 28.9 Å². The van der Waals surface area contributed by atoms with Crippen LogP contribution in [0.4, 0.5) is 0 Å². The van der Waals surface area contributed by atoms with Crippen LogP contribution in [0.5, 0.6) is 0 Å². The number of aliphatic hydroxyl groups excluding tert-OH is 1. The van der Waals surface area contributed by atoms with Crippen molar-refractivity contribution in [2.75, 3.05) is 0 Å². The van der Waals surface area contributed by atoms with Crippen LogP contribution in [0.3, 0.4) is 0 Å². The van der Waals surface area contributed by atoms with E-state index in [2.05, 4.69) is 34.3 Å². The largest absolute Gasteiger partial charge is 0.392 e. The van der Waals surface area contributed by atoms with Crippen molar-refractivity contribution in [3.05, 3.63) is 77.8 Å². The number of pyridine rings is 1. The van der Waals surface area contributed by atoms with Gasteiger partial charge in [-0.3, -0.25) is 4.98 Å². The molecule has 0 unspecified atom stereocenters. The highest BCUT2D eigenvalue weighted by molar-refractivity contribution is 5.84. The average Bonchev–Trinajstić information content (AvgIpc) is 2.94. The molecule has 0 bridgehead atoms. The molecular weight excluding hydrogens is 284 g/mol. The first kappa shape index (κ1) is 15.3. The zero-order chi connectivity index (χ0) is 16.2. The summed E-state index contributed by atoms with van der Waals surface area (Å²) in [6, 6.07) is 10.2. The molecule has 0 radical (unpaired) electrons. The zero-order valence-electron chi connectivity index (χ0n) is 13.2. The van der Waals surface area contributed by atoms with Gasteiger partial charge in [0.25, 0.3) is 0 Å². The molecule has 0 saturated carbocycles. The Balaban J connectivity index is 2.02. The first-order valence-corrected chi connectivity index (χ1v) is 7.68. The highest BCUT2D eigenvalue weighted by atomic mass is 16.3. The molecule has 0 atom stereocenters. The van der Waals surface area contributed by atoms with Crippen molar-refractivity contribution in [1.82, 2.24) is 9.55 Å². The third kappa shape index (κ3) is 2.96. The van der Waals surface area contributed by atoms with E-state index in [4.69, 9.17) is 0 Å². The van der Waals surface area contributed by atoms with Gasteiger partial charge in [-0.05, 0) is 30.2 Å². The van der Waals surface area contributed by atoms with Crippen molar-refractivity contribution < 1.29 is 5.11 Å². The van der Waals surface area contributed by atoms with Crippen molar-refractivity contribution in [2.45, 2.75) is 20.1 Å². The Morgan fingerprint density at radius 2 is 2.09 bits per heavy atom. The minimum atomic E-state index is 0.0418. The molecule has 2 aromatic heterocycles. The van der Waals surface area contributed by atoms with Gasteiger partial charge in [-0.15, -0.1) is 0 Å². The Labute approximate surface area is 136 Å². The van der Waals surface area contributed by atoms with Gasteiger partial charge in [0.15, 0.2) is 0 Å². The Bertz CT molecular complexity index is 874. The molecule has 116 valence electrons. The molecule has 2 heterocycles. The maximum absolute atomic E-state index is 9.55. The van der Waals surface area contributed by atoms with Crippen LogP contribution in [0.15, 0.2) is 55.4 Å². The number of hydrogen-bond donors (Lipinski definition) is 1. The molecule has 0 aliphatic carbocycles. The number of aliphatic hydroxyl groups is 1. The summed E-state index contributed by atoms with van der Waals surface area (Å²) in [5.41, 5.74) is 5.18. The number of hydrogen-bond acceptors (Lipinski definition) is 2. The molecule has 0 fully saturated rings. The molecule has 23 heavy (non-hydrogen) atoms. The van der Waals surface area contributed by atoms with Crippen LogP contribution in [0, 0.1) is 0 Å². The number of nitrogens with zero attached hydrogens (tertiary/aromatic N) is 2. The summed E-state index contributed by atoms with van der Waals surface area (Å²) >= 11 is 0. The number of aromatic nitrogens is 2. The lowest BCUT2D eigenvalue weighted by Gasteiger charge is -2.08. The lowest BCUT2D eigenvalue weighted by Crippen LogP contribution is -2.01. The Morgan fingerprint density at radius 3 is 2.83 bits per heavy atom. The molecule has 0 saturated heterocycles. The molecule has 0 amide bonds. The van der Waals surface area contributed by atoms with Crippen LogP contribution in [-0.2, 0) is 13.2 Å². The molecule has 0 aliphatic rings.